The molecule has 0 saturated heterocycles. The average molecular weight is 679 g/mol. The number of para-hydroxylation sites is 1. The van der Waals surface area contributed by atoms with Gasteiger partial charge in [-0.15, -0.1) is 0 Å². The topological polar surface area (TPSA) is 88.5 Å². The predicted octanol–water partition coefficient (Wildman–Crippen LogP) is 6.40. The van der Waals surface area contributed by atoms with Gasteiger partial charge in [0.2, 0.25) is 12.3 Å². The highest BCUT2D eigenvalue weighted by Gasteiger charge is 2.49. The molecule has 0 saturated carbocycles. The first-order valence-corrected chi connectivity index (χ1v) is 20.0. The summed E-state index contributed by atoms with van der Waals surface area (Å²) < 4.78 is 18.6. The van der Waals surface area contributed by atoms with Gasteiger partial charge in [0, 0.05) is 48.5 Å². The third kappa shape index (κ3) is 6.75. The summed E-state index contributed by atoms with van der Waals surface area (Å²) in [6.45, 7) is 7.12. The van der Waals surface area contributed by atoms with Crippen molar-refractivity contribution in [3.63, 3.8) is 0 Å². The molecule has 256 valence electrons. The Balaban J connectivity index is 1.37. The van der Waals surface area contributed by atoms with Crippen LogP contribution in [-0.2, 0) is 27.3 Å². The summed E-state index contributed by atoms with van der Waals surface area (Å²) in [6.07, 6.45) is 1.05. The largest absolute Gasteiger partial charge is 0.497 e. The van der Waals surface area contributed by atoms with Crippen LogP contribution in [0.4, 0.5) is 11.4 Å². The summed E-state index contributed by atoms with van der Waals surface area (Å²) in [7, 11) is 0.919. The quantitative estimate of drug-likeness (QED) is 0.146. The van der Waals surface area contributed by atoms with Crippen molar-refractivity contribution < 1.29 is 28.9 Å². The van der Waals surface area contributed by atoms with Gasteiger partial charge in [0.05, 0.1) is 33.9 Å². The Morgan fingerprint density at radius 2 is 1.67 bits per heavy atom. The number of nitrogens with zero attached hydrogens (tertiary/aromatic N) is 2. The molecule has 0 aliphatic carbocycles. The SMILES string of the molecule is COc1ccc([Si](C)(C)C(CC(=O)N2Cc3ccccc3C[C@H]2CO)[C@@H]2Oc3ccc(N(C=O)c4ccccc4)cc3[C@H](OC)[C@H]2C)cc1. The Labute approximate surface area is 290 Å². The van der Waals surface area contributed by atoms with Gasteiger partial charge >= 0.3 is 0 Å². The van der Waals surface area contributed by atoms with Crippen LogP contribution in [0.25, 0.3) is 0 Å². The second-order valence-electron chi connectivity index (χ2n) is 13.7. The van der Waals surface area contributed by atoms with E-state index in [0.29, 0.717) is 18.7 Å². The van der Waals surface area contributed by atoms with E-state index in [1.807, 2.05) is 77.7 Å². The highest BCUT2D eigenvalue weighted by molar-refractivity contribution is 6.91. The minimum absolute atomic E-state index is 0.0167. The van der Waals surface area contributed by atoms with E-state index in [9.17, 15) is 14.7 Å². The maximum atomic E-state index is 14.5. The van der Waals surface area contributed by atoms with Gasteiger partial charge in [0.15, 0.2) is 0 Å². The monoisotopic (exact) mass is 678 g/mol. The van der Waals surface area contributed by atoms with Crippen LogP contribution in [0.3, 0.4) is 0 Å². The molecule has 0 aromatic heterocycles. The normalized spacial score (nSPS) is 20.7. The minimum Gasteiger partial charge on any atom is -0.497 e. The maximum Gasteiger partial charge on any atom is 0.223 e. The Morgan fingerprint density at radius 3 is 2.33 bits per heavy atom. The lowest BCUT2D eigenvalue weighted by molar-refractivity contribution is -0.136. The van der Waals surface area contributed by atoms with Gasteiger partial charge < -0.3 is 24.2 Å². The number of methoxy groups -OCH3 is 2. The van der Waals surface area contributed by atoms with Gasteiger partial charge in [0.25, 0.3) is 0 Å². The van der Waals surface area contributed by atoms with Gasteiger partial charge in [-0.3, -0.25) is 14.5 Å². The second-order valence-corrected chi connectivity index (χ2v) is 18.5. The van der Waals surface area contributed by atoms with E-state index in [-0.39, 0.29) is 48.6 Å². The van der Waals surface area contributed by atoms with E-state index < -0.39 is 8.07 Å². The van der Waals surface area contributed by atoms with Crippen molar-refractivity contribution in [1.82, 2.24) is 4.90 Å². The van der Waals surface area contributed by atoms with Crippen LogP contribution >= 0.6 is 0 Å². The van der Waals surface area contributed by atoms with E-state index in [0.717, 1.165) is 34.7 Å². The number of carbonyl (C=O) groups excluding carboxylic acids is 2. The number of benzene rings is 4. The van der Waals surface area contributed by atoms with E-state index in [1.54, 1.807) is 19.1 Å². The Morgan fingerprint density at radius 1 is 0.980 bits per heavy atom. The number of aliphatic hydroxyl groups excluding tert-OH is 1. The summed E-state index contributed by atoms with van der Waals surface area (Å²) in [4.78, 5) is 30.2. The molecule has 0 spiro atoms. The number of rotatable bonds is 11. The number of hydrogen-bond acceptors (Lipinski definition) is 6. The first-order valence-electron chi connectivity index (χ1n) is 16.9. The van der Waals surface area contributed by atoms with Gasteiger partial charge in [-0.05, 0) is 60.0 Å². The molecule has 6 rings (SSSR count). The number of carbonyl (C=O) groups is 2. The molecular formula is C40H46N2O6Si. The standard InChI is InChI=1S/C40H46N2O6Si/c1-27-39(47-3)35-22-31(42(26-44)30-13-7-6-8-14-30)15-20-36(35)48-40(27)37(49(4,5)34-18-16-33(46-2)17-19-34)23-38(45)41-24-29-12-10-9-11-28(29)21-32(41)25-43/h6-20,22,26-27,32,37,39-40,43H,21,23-25H2,1-5H3/t27-,32+,37?,39-,40-/m1/s1. The molecule has 0 bridgehead atoms. The molecule has 0 fully saturated rings. The summed E-state index contributed by atoms with van der Waals surface area (Å²) in [5, 5.41) is 11.6. The lowest BCUT2D eigenvalue weighted by atomic mass is 9.86. The molecule has 5 atom stereocenters. The number of hydrogen-bond donors (Lipinski definition) is 1. The van der Waals surface area contributed by atoms with E-state index in [1.165, 1.54) is 10.8 Å². The Hall–Kier alpha value is -4.44. The number of fused-ring (bicyclic) bond motifs is 2. The molecule has 4 aromatic rings. The molecule has 1 N–H and O–H groups in total. The third-order valence-electron chi connectivity index (χ3n) is 10.7. The third-order valence-corrected chi connectivity index (χ3v) is 14.9. The Bertz CT molecular complexity index is 1760. The molecule has 2 heterocycles. The van der Waals surface area contributed by atoms with Crippen LogP contribution in [0.5, 0.6) is 11.5 Å². The van der Waals surface area contributed by atoms with Gasteiger partial charge in [0.1, 0.15) is 17.6 Å². The first kappa shape index (κ1) is 34.4. The highest BCUT2D eigenvalue weighted by atomic mass is 28.3. The smallest absolute Gasteiger partial charge is 0.223 e. The fraction of sp³-hybridized carbons (Fsp3) is 0.350. The summed E-state index contributed by atoms with van der Waals surface area (Å²) in [5.41, 5.74) is 4.51. The summed E-state index contributed by atoms with van der Waals surface area (Å²) in [5.74, 6) is 1.37. The van der Waals surface area contributed by atoms with Crippen molar-refractivity contribution in [3.8, 4) is 11.5 Å². The summed E-state index contributed by atoms with van der Waals surface area (Å²) in [6, 6.07) is 31.4. The van der Waals surface area contributed by atoms with Crippen LogP contribution in [0, 0.1) is 5.92 Å². The van der Waals surface area contributed by atoms with Crippen LogP contribution in [0.15, 0.2) is 97.1 Å². The first-order chi connectivity index (χ1) is 23.7. The van der Waals surface area contributed by atoms with Crippen LogP contribution in [-0.4, -0.2) is 63.4 Å². The van der Waals surface area contributed by atoms with Crippen molar-refractivity contribution in [2.75, 3.05) is 25.7 Å². The molecule has 9 heteroatoms. The molecule has 2 aliphatic rings. The highest BCUT2D eigenvalue weighted by Crippen LogP contribution is 2.48. The molecular weight excluding hydrogens is 633 g/mol. The molecule has 8 nitrogen and oxygen atoms in total. The zero-order chi connectivity index (χ0) is 34.7. The molecule has 1 unspecified atom stereocenters. The molecule has 0 radical (unpaired) electrons. The van der Waals surface area contributed by atoms with Crippen molar-refractivity contribution in [2.24, 2.45) is 5.92 Å². The maximum absolute atomic E-state index is 14.5. The zero-order valence-electron chi connectivity index (χ0n) is 28.9. The van der Waals surface area contributed by atoms with E-state index in [2.05, 4.69) is 44.3 Å². The fourth-order valence-corrected chi connectivity index (χ4v) is 11.1. The van der Waals surface area contributed by atoms with Crippen molar-refractivity contribution >= 4 is 37.0 Å². The second kappa shape index (κ2) is 14.6. The number of anilines is 2. The van der Waals surface area contributed by atoms with Gasteiger partial charge in [-0.25, -0.2) is 0 Å². The van der Waals surface area contributed by atoms with Crippen LogP contribution in [0.1, 0.15) is 36.1 Å². The zero-order valence-corrected chi connectivity index (χ0v) is 29.9. The molecule has 2 aliphatic heterocycles. The number of amides is 2. The van der Waals surface area contributed by atoms with Crippen molar-refractivity contribution in [2.45, 2.75) is 63.2 Å². The number of aliphatic hydroxyl groups is 1. The summed E-state index contributed by atoms with van der Waals surface area (Å²) >= 11 is 0. The van der Waals surface area contributed by atoms with Crippen LogP contribution in [0.2, 0.25) is 18.6 Å². The number of ether oxygens (including phenoxy) is 3. The minimum atomic E-state index is -2.45. The van der Waals surface area contributed by atoms with Crippen LogP contribution < -0.4 is 19.6 Å². The lowest BCUT2D eigenvalue weighted by Crippen LogP contribution is -2.56. The molecule has 2 amide bonds. The molecule has 49 heavy (non-hydrogen) atoms. The van der Waals surface area contributed by atoms with E-state index in [4.69, 9.17) is 14.2 Å². The molecule has 4 aromatic carbocycles. The van der Waals surface area contributed by atoms with E-state index >= 15 is 0 Å². The lowest BCUT2D eigenvalue weighted by Gasteiger charge is -2.46. The van der Waals surface area contributed by atoms with Crippen molar-refractivity contribution in [1.29, 1.82) is 0 Å². The van der Waals surface area contributed by atoms with Gasteiger partial charge in [-0.1, -0.05) is 79.8 Å². The fourth-order valence-electron chi connectivity index (χ4n) is 7.74. The average Bonchev–Trinajstić information content (AvgIpc) is 3.13. The Kier molecular flexibility index (Phi) is 10.2. The van der Waals surface area contributed by atoms with Crippen molar-refractivity contribution in [3.05, 3.63) is 114 Å². The van der Waals surface area contributed by atoms with Gasteiger partial charge in [-0.2, -0.15) is 0 Å². The predicted molar refractivity (Wildman–Crippen MR) is 194 cm³/mol.